The first-order valence-electron chi connectivity index (χ1n) is 6.67. The Balaban J connectivity index is 1.91. The number of pyridine rings is 1. The number of rotatable bonds is 5. The van der Waals surface area contributed by atoms with E-state index in [0.29, 0.717) is 13.0 Å². The lowest BCUT2D eigenvalue weighted by atomic mass is 10.1. The van der Waals surface area contributed by atoms with Gasteiger partial charge in [-0.25, -0.2) is 0 Å². The third-order valence-corrected chi connectivity index (χ3v) is 3.36. The maximum Gasteiger partial charge on any atom is 0.240 e. The van der Waals surface area contributed by atoms with Gasteiger partial charge in [0.25, 0.3) is 0 Å². The highest BCUT2D eigenvalue weighted by atomic mass is 16.2. The number of nitrogens with one attached hydrogen (secondary N) is 1. The molecule has 0 aromatic carbocycles. The fourth-order valence-electron chi connectivity index (χ4n) is 2.30. The largest absolute Gasteiger partial charge is 0.348 e. The summed E-state index contributed by atoms with van der Waals surface area (Å²) in [7, 11) is 0. The lowest BCUT2D eigenvalue weighted by molar-refractivity contribution is -0.133. The molecule has 0 radical (unpaired) electrons. The van der Waals surface area contributed by atoms with Crippen molar-refractivity contribution in [3.8, 4) is 0 Å². The summed E-state index contributed by atoms with van der Waals surface area (Å²) < 4.78 is 0. The number of nitrogens with zero attached hydrogens (tertiary/aromatic N) is 2. The van der Waals surface area contributed by atoms with Gasteiger partial charge >= 0.3 is 0 Å². The van der Waals surface area contributed by atoms with Crippen LogP contribution in [0.2, 0.25) is 0 Å². The third kappa shape index (κ3) is 3.53. The topological polar surface area (TPSA) is 62.3 Å². The second kappa shape index (κ2) is 6.31. The summed E-state index contributed by atoms with van der Waals surface area (Å²) in [5.41, 5.74) is 1.04. The summed E-state index contributed by atoms with van der Waals surface area (Å²) in [4.78, 5) is 29.0. The van der Waals surface area contributed by atoms with Crippen LogP contribution in [0.4, 0.5) is 0 Å². The van der Waals surface area contributed by atoms with Crippen molar-refractivity contribution in [2.24, 2.45) is 0 Å². The van der Waals surface area contributed by atoms with Crippen molar-refractivity contribution in [3.05, 3.63) is 30.1 Å². The van der Waals surface area contributed by atoms with Crippen LogP contribution in [-0.4, -0.2) is 34.8 Å². The maximum atomic E-state index is 12.0. The van der Waals surface area contributed by atoms with Gasteiger partial charge in [0.1, 0.15) is 0 Å². The molecule has 0 unspecified atom stereocenters. The Morgan fingerprint density at radius 2 is 2.21 bits per heavy atom. The van der Waals surface area contributed by atoms with Crippen LogP contribution >= 0.6 is 0 Å². The average Bonchev–Trinajstić information content (AvgIpc) is 2.82. The van der Waals surface area contributed by atoms with Crippen LogP contribution in [-0.2, 0) is 9.59 Å². The molecule has 1 fully saturated rings. The second-order valence-electron chi connectivity index (χ2n) is 4.73. The van der Waals surface area contributed by atoms with E-state index >= 15 is 0 Å². The van der Waals surface area contributed by atoms with Gasteiger partial charge in [0.05, 0.1) is 12.6 Å². The van der Waals surface area contributed by atoms with E-state index in [1.165, 1.54) is 0 Å². The first-order valence-corrected chi connectivity index (χ1v) is 6.67. The van der Waals surface area contributed by atoms with Crippen molar-refractivity contribution in [2.45, 2.75) is 32.2 Å². The first kappa shape index (κ1) is 13.5. The Bertz CT molecular complexity index is 447. The van der Waals surface area contributed by atoms with Gasteiger partial charge in [-0.15, -0.1) is 0 Å². The molecule has 0 aliphatic carbocycles. The molecule has 2 amide bonds. The Morgan fingerprint density at radius 1 is 1.47 bits per heavy atom. The molecule has 0 bridgehead atoms. The number of carbonyl (C=O) groups excluding carboxylic acids is 2. The van der Waals surface area contributed by atoms with E-state index in [4.69, 9.17) is 0 Å². The van der Waals surface area contributed by atoms with E-state index < -0.39 is 0 Å². The molecule has 1 aliphatic heterocycles. The van der Waals surface area contributed by atoms with Gasteiger partial charge in [-0.2, -0.15) is 0 Å². The molecule has 1 aromatic rings. The van der Waals surface area contributed by atoms with Crippen molar-refractivity contribution in [2.75, 3.05) is 13.1 Å². The van der Waals surface area contributed by atoms with Crippen molar-refractivity contribution in [1.82, 2.24) is 15.2 Å². The highest BCUT2D eigenvalue weighted by Gasteiger charge is 2.23. The van der Waals surface area contributed by atoms with E-state index in [2.05, 4.69) is 10.3 Å². The molecule has 102 valence electrons. The number of aromatic nitrogens is 1. The molecule has 0 spiro atoms. The van der Waals surface area contributed by atoms with Gasteiger partial charge in [-0.05, 0) is 30.5 Å². The van der Waals surface area contributed by atoms with Crippen LogP contribution in [0.15, 0.2) is 24.5 Å². The van der Waals surface area contributed by atoms with E-state index in [-0.39, 0.29) is 24.4 Å². The van der Waals surface area contributed by atoms with Crippen molar-refractivity contribution in [1.29, 1.82) is 0 Å². The molecule has 5 nitrogen and oxygen atoms in total. The zero-order chi connectivity index (χ0) is 13.7. The van der Waals surface area contributed by atoms with Gasteiger partial charge < -0.3 is 10.2 Å². The highest BCUT2D eigenvalue weighted by Crippen LogP contribution is 2.15. The highest BCUT2D eigenvalue weighted by molar-refractivity contribution is 5.86. The fraction of sp³-hybridized carbons (Fsp3) is 0.500. The summed E-state index contributed by atoms with van der Waals surface area (Å²) in [6.07, 6.45) is 5.66. The SMILES string of the molecule is CC[C@@H](NC(=O)CN1CCCC1=O)c1ccncc1. The average molecular weight is 261 g/mol. The normalized spacial score (nSPS) is 16.5. The molecule has 5 heteroatoms. The van der Waals surface area contributed by atoms with Gasteiger partial charge in [-0.3, -0.25) is 14.6 Å². The van der Waals surface area contributed by atoms with Crippen LogP contribution < -0.4 is 5.32 Å². The molecular formula is C14H19N3O2. The molecule has 1 atom stereocenters. The van der Waals surface area contributed by atoms with Crippen molar-refractivity contribution in [3.63, 3.8) is 0 Å². The number of hydrogen-bond acceptors (Lipinski definition) is 3. The maximum absolute atomic E-state index is 12.0. The van der Waals surface area contributed by atoms with Crippen LogP contribution in [0, 0.1) is 0 Å². The minimum atomic E-state index is -0.0982. The smallest absolute Gasteiger partial charge is 0.240 e. The Labute approximate surface area is 113 Å². The molecule has 1 saturated heterocycles. The van der Waals surface area contributed by atoms with Crippen LogP contribution in [0.25, 0.3) is 0 Å². The summed E-state index contributed by atoms with van der Waals surface area (Å²) in [5, 5.41) is 2.97. The number of hydrogen-bond donors (Lipinski definition) is 1. The second-order valence-corrected chi connectivity index (χ2v) is 4.73. The minimum Gasteiger partial charge on any atom is -0.348 e. The van der Waals surface area contributed by atoms with Crippen LogP contribution in [0.3, 0.4) is 0 Å². The number of amides is 2. The van der Waals surface area contributed by atoms with Gasteiger partial charge in [0, 0.05) is 25.4 Å². The standard InChI is InChI=1S/C14H19N3O2/c1-2-12(11-5-7-15-8-6-11)16-13(18)10-17-9-3-4-14(17)19/h5-8,12H,2-4,9-10H2,1H3,(H,16,18)/t12-/m1/s1. The minimum absolute atomic E-state index is 0.0202. The lowest BCUT2D eigenvalue weighted by Gasteiger charge is -2.20. The molecule has 1 aliphatic rings. The lowest BCUT2D eigenvalue weighted by Crippen LogP contribution is -2.39. The van der Waals surface area contributed by atoms with Crippen molar-refractivity contribution >= 4 is 11.8 Å². The predicted molar refractivity (Wildman–Crippen MR) is 71.2 cm³/mol. The van der Waals surface area contributed by atoms with Gasteiger partial charge in [-0.1, -0.05) is 6.92 Å². The summed E-state index contributed by atoms with van der Waals surface area (Å²) in [6, 6.07) is 3.78. The monoisotopic (exact) mass is 261 g/mol. The number of likely N-dealkylation sites (tertiary alicyclic amines) is 1. The molecule has 19 heavy (non-hydrogen) atoms. The zero-order valence-electron chi connectivity index (χ0n) is 11.1. The van der Waals surface area contributed by atoms with Gasteiger partial charge in [0.2, 0.25) is 11.8 Å². The summed E-state index contributed by atoms with van der Waals surface area (Å²) in [5.74, 6) is -0.0222. The van der Waals surface area contributed by atoms with E-state index in [0.717, 1.165) is 18.4 Å². The van der Waals surface area contributed by atoms with E-state index in [9.17, 15) is 9.59 Å². The zero-order valence-corrected chi connectivity index (χ0v) is 11.1. The molecule has 1 aromatic heterocycles. The Hall–Kier alpha value is -1.91. The summed E-state index contributed by atoms with van der Waals surface area (Å²) in [6.45, 7) is 2.88. The van der Waals surface area contributed by atoms with E-state index in [1.807, 2.05) is 19.1 Å². The van der Waals surface area contributed by atoms with Crippen LogP contribution in [0.5, 0.6) is 0 Å². The quantitative estimate of drug-likeness (QED) is 0.868. The fourth-order valence-corrected chi connectivity index (χ4v) is 2.30. The molecule has 0 saturated carbocycles. The first-order chi connectivity index (χ1) is 9.20. The molecular weight excluding hydrogens is 242 g/mol. The third-order valence-electron chi connectivity index (χ3n) is 3.36. The Kier molecular flexibility index (Phi) is 4.49. The molecule has 1 N–H and O–H groups in total. The number of carbonyl (C=O) groups is 2. The summed E-state index contributed by atoms with van der Waals surface area (Å²) >= 11 is 0. The van der Waals surface area contributed by atoms with E-state index in [1.54, 1.807) is 17.3 Å². The van der Waals surface area contributed by atoms with Crippen molar-refractivity contribution < 1.29 is 9.59 Å². The predicted octanol–water partition coefficient (Wildman–Crippen LogP) is 1.27. The molecule has 2 rings (SSSR count). The molecule has 2 heterocycles. The Morgan fingerprint density at radius 3 is 2.79 bits per heavy atom. The van der Waals surface area contributed by atoms with Crippen LogP contribution in [0.1, 0.15) is 37.8 Å². The van der Waals surface area contributed by atoms with Gasteiger partial charge in [0.15, 0.2) is 0 Å².